The van der Waals surface area contributed by atoms with Crippen LogP contribution in [0.3, 0.4) is 0 Å². The first-order valence-corrected chi connectivity index (χ1v) is 14.1. The van der Waals surface area contributed by atoms with Gasteiger partial charge in [0.05, 0.1) is 28.6 Å². The Morgan fingerprint density at radius 3 is 2.54 bits per heavy atom. The third-order valence-corrected chi connectivity index (χ3v) is 8.72. The van der Waals surface area contributed by atoms with Crippen LogP contribution in [-0.4, -0.2) is 59.8 Å². The number of nitrogens with one attached hydrogen (secondary N) is 1. The predicted octanol–water partition coefficient (Wildman–Crippen LogP) is 3.56. The first-order chi connectivity index (χ1) is 17.2. The highest BCUT2D eigenvalue weighted by Gasteiger charge is 2.36. The third kappa shape index (κ3) is 7.99. The molecule has 0 bridgehead atoms. The van der Waals surface area contributed by atoms with Crippen LogP contribution in [0.2, 0.25) is 0 Å². The van der Waals surface area contributed by atoms with Gasteiger partial charge in [0.15, 0.2) is 10.8 Å². The Kier molecular flexibility index (Phi) is 9.02. The van der Waals surface area contributed by atoms with Crippen molar-refractivity contribution in [3.63, 3.8) is 0 Å². The fraction of sp³-hybridized carbons (Fsp3) is 0.550. The van der Waals surface area contributed by atoms with Crippen molar-refractivity contribution >= 4 is 56.3 Å². The van der Waals surface area contributed by atoms with Gasteiger partial charge in [-0.3, -0.25) is 4.79 Å². The quantitative estimate of drug-likeness (QED) is 0.207. The number of alkyl halides is 3. The molecular formula is C20H26F3N7O4S3. The molecule has 0 aromatic carbocycles. The van der Waals surface area contributed by atoms with E-state index in [1.54, 1.807) is 12.4 Å². The van der Waals surface area contributed by atoms with Crippen LogP contribution in [0.1, 0.15) is 45.3 Å². The minimum Gasteiger partial charge on any atom is -0.444 e. The molecule has 17 heteroatoms. The number of thioether (sulfide) groups is 1. The van der Waals surface area contributed by atoms with Crippen molar-refractivity contribution in [2.24, 2.45) is 21.3 Å². The second-order valence-corrected chi connectivity index (χ2v) is 13.0. The summed E-state index contributed by atoms with van der Waals surface area (Å²) in [4.78, 5) is 21.1. The first kappa shape index (κ1) is 29.1. The summed E-state index contributed by atoms with van der Waals surface area (Å²) >= 11 is 2.76. The van der Waals surface area contributed by atoms with Gasteiger partial charge >= 0.3 is 16.4 Å². The van der Waals surface area contributed by atoms with Gasteiger partial charge < -0.3 is 15.6 Å². The SMILES string of the molecule is CC(C)(C)c1cnc(CSc2cnc(NC(=O)C3CCN(S(=O)(=O)/N=C/C(=N\N)C(F)(F)F)CC3)s2)o1. The average Bonchev–Trinajstić information content (AvgIpc) is 3.46. The Hall–Kier alpha value is -2.50. The molecule has 1 fully saturated rings. The second kappa shape index (κ2) is 11.5. The number of halogens is 3. The molecule has 0 unspecified atom stereocenters. The molecule has 0 spiro atoms. The van der Waals surface area contributed by atoms with Crippen LogP contribution in [0.15, 0.2) is 30.5 Å². The van der Waals surface area contributed by atoms with Crippen LogP contribution in [0, 0.1) is 5.92 Å². The molecule has 0 saturated carbocycles. The predicted molar refractivity (Wildman–Crippen MR) is 135 cm³/mol. The summed E-state index contributed by atoms with van der Waals surface area (Å²) in [7, 11) is -4.38. The van der Waals surface area contributed by atoms with E-state index in [0.29, 0.717) is 16.8 Å². The van der Waals surface area contributed by atoms with Crippen molar-refractivity contribution < 1.29 is 30.8 Å². The number of nitrogens with two attached hydrogens (primary N) is 1. The maximum absolute atomic E-state index is 12.7. The highest BCUT2D eigenvalue weighted by atomic mass is 32.2. The van der Waals surface area contributed by atoms with Gasteiger partial charge in [0.25, 0.3) is 0 Å². The lowest BCUT2D eigenvalue weighted by Crippen LogP contribution is -2.41. The maximum Gasteiger partial charge on any atom is 0.436 e. The molecule has 204 valence electrons. The normalized spacial score (nSPS) is 17.0. The fourth-order valence-corrected chi connectivity index (χ4v) is 5.93. The zero-order valence-electron chi connectivity index (χ0n) is 20.1. The van der Waals surface area contributed by atoms with Crippen LogP contribution in [0.4, 0.5) is 18.3 Å². The fourth-order valence-electron chi connectivity index (χ4n) is 3.16. The number of amides is 1. The molecule has 1 aliphatic heterocycles. The number of piperidine rings is 1. The van der Waals surface area contributed by atoms with Gasteiger partial charge in [-0.25, -0.2) is 9.97 Å². The lowest BCUT2D eigenvalue weighted by atomic mass is 9.94. The molecular weight excluding hydrogens is 555 g/mol. The minimum absolute atomic E-state index is 0.0671. The first-order valence-electron chi connectivity index (χ1n) is 10.9. The second-order valence-electron chi connectivity index (χ2n) is 9.03. The van der Waals surface area contributed by atoms with Crippen molar-refractivity contribution in [3.05, 3.63) is 24.0 Å². The van der Waals surface area contributed by atoms with Gasteiger partial charge in [0.2, 0.25) is 11.8 Å². The third-order valence-electron chi connectivity index (χ3n) is 5.23. The molecule has 2 aromatic heterocycles. The van der Waals surface area contributed by atoms with E-state index >= 15 is 0 Å². The Morgan fingerprint density at radius 1 is 1.30 bits per heavy atom. The van der Waals surface area contributed by atoms with Gasteiger partial charge in [0.1, 0.15) is 5.76 Å². The van der Waals surface area contributed by atoms with Gasteiger partial charge in [-0.15, -0.1) is 11.8 Å². The Balaban J connectivity index is 1.49. The number of thiazole rings is 1. The molecule has 1 aliphatic rings. The standard InChI is InChI=1S/C20H26F3N7O4S3/c1-19(2,3)14-9-25-15(34-14)11-35-16-10-26-18(36-16)28-17(31)12-4-6-30(7-5-12)37(32,33)27-8-13(29-24)20(21,22)23/h8-10,12H,4-7,11,24H2,1-3H3,(H,26,28,31)/b27-8+,29-13+. The molecule has 3 N–H and O–H groups in total. The van der Waals surface area contributed by atoms with Gasteiger partial charge in [-0.1, -0.05) is 32.1 Å². The monoisotopic (exact) mass is 581 g/mol. The summed E-state index contributed by atoms with van der Waals surface area (Å²) in [6.07, 6.45) is -1.18. The van der Waals surface area contributed by atoms with Crippen LogP contribution in [0.25, 0.3) is 0 Å². The van der Waals surface area contributed by atoms with Gasteiger partial charge in [0, 0.05) is 24.4 Å². The number of anilines is 1. The largest absolute Gasteiger partial charge is 0.444 e. The van der Waals surface area contributed by atoms with Crippen LogP contribution < -0.4 is 11.2 Å². The molecule has 0 atom stereocenters. The molecule has 3 rings (SSSR count). The number of carbonyl (C=O) groups is 1. The number of aromatic nitrogens is 2. The lowest BCUT2D eigenvalue weighted by Gasteiger charge is -2.28. The van der Waals surface area contributed by atoms with E-state index in [9.17, 15) is 26.4 Å². The van der Waals surface area contributed by atoms with Crippen molar-refractivity contribution in [1.82, 2.24) is 14.3 Å². The topological polar surface area (TPSA) is 156 Å². The highest BCUT2D eigenvalue weighted by Crippen LogP contribution is 2.32. The van der Waals surface area contributed by atoms with Crippen LogP contribution >= 0.6 is 23.1 Å². The Bertz CT molecular complexity index is 1260. The molecule has 3 heterocycles. The summed E-state index contributed by atoms with van der Waals surface area (Å²) in [5, 5.41) is 5.65. The maximum atomic E-state index is 12.7. The summed E-state index contributed by atoms with van der Waals surface area (Å²) in [6, 6.07) is 0. The lowest BCUT2D eigenvalue weighted by molar-refractivity contribution is -0.120. The molecule has 0 radical (unpaired) electrons. The van der Waals surface area contributed by atoms with Crippen molar-refractivity contribution in [2.45, 2.75) is 55.2 Å². The van der Waals surface area contributed by atoms with E-state index < -0.39 is 28.0 Å². The number of rotatable bonds is 8. The van der Waals surface area contributed by atoms with E-state index in [2.05, 4.69) is 30.6 Å². The smallest absolute Gasteiger partial charge is 0.436 e. The highest BCUT2D eigenvalue weighted by molar-refractivity contribution is 8.00. The summed E-state index contributed by atoms with van der Waals surface area (Å²) in [6.45, 7) is 5.94. The van der Waals surface area contributed by atoms with Crippen LogP contribution in [0.5, 0.6) is 0 Å². The van der Waals surface area contributed by atoms with Gasteiger partial charge in [-0.05, 0) is 12.8 Å². The number of hydrazone groups is 1. The van der Waals surface area contributed by atoms with E-state index in [1.165, 1.54) is 23.1 Å². The number of hydrogen-bond donors (Lipinski definition) is 2. The van der Waals surface area contributed by atoms with Gasteiger partial charge in [-0.2, -0.15) is 35.4 Å². The van der Waals surface area contributed by atoms with Crippen LogP contribution in [-0.2, 0) is 26.2 Å². The van der Waals surface area contributed by atoms with Crippen molar-refractivity contribution in [3.8, 4) is 0 Å². The van der Waals surface area contributed by atoms with E-state index in [-0.39, 0.29) is 43.5 Å². The molecule has 11 nitrogen and oxygen atoms in total. The van der Waals surface area contributed by atoms with E-state index in [0.717, 1.165) is 14.3 Å². The molecule has 37 heavy (non-hydrogen) atoms. The number of hydrogen-bond acceptors (Lipinski definition) is 10. The zero-order chi connectivity index (χ0) is 27.4. The summed E-state index contributed by atoms with van der Waals surface area (Å²) in [5.74, 6) is 5.73. The molecule has 1 saturated heterocycles. The van der Waals surface area contributed by atoms with E-state index in [4.69, 9.17) is 4.42 Å². The number of carbonyl (C=O) groups excluding carboxylic acids is 1. The van der Waals surface area contributed by atoms with E-state index in [1.807, 2.05) is 20.8 Å². The molecule has 0 aliphatic carbocycles. The summed E-state index contributed by atoms with van der Waals surface area (Å²) in [5.41, 5.74) is -1.76. The average molecular weight is 582 g/mol. The minimum atomic E-state index is -4.93. The molecule has 1 amide bonds. The Morgan fingerprint density at radius 2 is 1.97 bits per heavy atom. The summed E-state index contributed by atoms with van der Waals surface area (Å²) < 4.78 is 73.0. The van der Waals surface area contributed by atoms with Crippen molar-refractivity contribution in [2.75, 3.05) is 18.4 Å². The number of oxazole rings is 1. The van der Waals surface area contributed by atoms with Crippen molar-refractivity contribution in [1.29, 1.82) is 0 Å². The number of nitrogens with zero attached hydrogens (tertiary/aromatic N) is 5. The zero-order valence-corrected chi connectivity index (χ0v) is 22.6. The Labute approximate surface area is 220 Å². The molecule has 2 aromatic rings.